The van der Waals surface area contributed by atoms with Gasteiger partial charge < -0.3 is 0 Å². The summed E-state index contributed by atoms with van der Waals surface area (Å²) in [6.07, 6.45) is 4.94. The fourth-order valence-corrected chi connectivity index (χ4v) is 2.36. The first-order valence-corrected chi connectivity index (χ1v) is 6.97. The topological polar surface area (TPSA) is 54.4 Å². The van der Waals surface area contributed by atoms with Gasteiger partial charge in [-0.2, -0.15) is 5.10 Å². The maximum Gasteiger partial charge on any atom is 0.272 e. The Morgan fingerprint density at radius 3 is 2.82 bits per heavy atom. The minimum absolute atomic E-state index is 0.213. The van der Waals surface area contributed by atoms with Crippen molar-refractivity contribution in [3.63, 3.8) is 0 Å². The van der Waals surface area contributed by atoms with Crippen LogP contribution in [0.25, 0.3) is 10.8 Å². The van der Waals surface area contributed by atoms with Gasteiger partial charge in [0.05, 0.1) is 11.8 Å². The van der Waals surface area contributed by atoms with Gasteiger partial charge in [0.2, 0.25) is 0 Å². The molecule has 4 nitrogen and oxygen atoms in total. The number of aromatic nitrogens is 1. The van der Waals surface area contributed by atoms with Crippen molar-refractivity contribution in [1.82, 2.24) is 10.4 Å². The lowest BCUT2D eigenvalue weighted by Crippen LogP contribution is -2.19. The number of carbonyl (C=O) groups excluding carboxylic acids is 1. The van der Waals surface area contributed by atoms with Crippen LogP contribution >= 0.6 is 0 Å². The number of carbonyl (C=O) groups is 1. The first-order valence-electron chi connectivity index (χ1n) is 6.97. The van der Waals surface area contributed by atoms with E-state index in [-0.39, 0.29) is 5.91 Å². The number of nitrogens with one attached hydrogen (secondary N) is 1. The first-order chi connectivity index (χ1) is 10.8. The van der Waals surface area contributed by atoms with Crippen LogP contribution in [-0.4, -0.2) is 17.1 Å². The highest BCUT2D eigenvalue weighted by Crippen LogP contribution is 2.21. The Hall–Kier alpha value is -3.01. The number of hydrazone groups is 1. The van der Waals surface area contributed by atoms with Gasteiger partial charge in [-0.15, -0.1) is 0 Å². The highest BCUT2D eigenvalue weighted by atomic mass is 16.2. The summed E-state index contributed by atoms with van der Waals surface area (Å²) in [7, 11) is 0. The van der Waals surface area contributed by atoms with Crippen LogP contribution in [0.1, 0.15) is 21.5 Å². The zero-order chi connectivity index (χ0) is 15.4. The third-order valence-electron chi connectivity index (χ3n) is 3.43. The maximum absolute atomic E-state index is 12.4. The molecule has 0 aliphatic carbocycles. The summed E-state index contributed by atoms with van der Waals surface area (Å²) in [6, 6.07) is 15.5. The average Bonchev–Trinajstić information content (AvgIpc) is 2.55. The van der Waals surface area contributed by atoms with Crippen molar-refractivity contribution in [2.24, 2.45) is 5.10 Å². The summed E-state index contributed by atoms with van der Waals surface area (Å²) >= 11 is 0. The molecule has 3 aromatic rings. The molecule has 0 atom stereocenters. The van der Waals surface area contributed by atoms with Gasteiger partial charge in [-0.25, -0.2) is 5.43 Å². The van der Waals surface area contributed by atoms with Crippen LogP contribution in [0.3, 0.4) is 0 Å². The lowest BCUT2D eigenvalue weighted by molar-refractivity contribution is 0.0956. The largest absolute Gasteiger partial charge is 0.272 e. The molecule has 1 aromatic heterocycles. The van der Waals surface area contributed by atoms with Crippen LogP contribution in [-0.2, 0) is 0 Å². The normalized spacial score (nSPS) is 11.0. The molecule has 0 radical (unpaired) electrons. The standard InChI is InChI=1S/C18H15N3O/c1-13-8-9-15-6-2-3-7-16(15)17(13)18(22)21-20-12-14-5-4-10-19-11-14/h2-12H,1H3,(H,21,22)/b20-12-. The average molecular weight is 289 g/mol. The molecule has 0 saturated heterocycles. The molecule has 2 aromatic carbocycles. The second kappa shape index (κ2) is 6.18. The van der Waals surface area contributed by atoms with Gasteiger partial charge >= 0.3 is 0 Å². The molecule has 0 unspecified atom stereocenters. The summed E-state index contributed by atoms with van der Waals surface area (Å²) in [5.41, 5.74) is 4.99. The van der Waals surface area contributed by atoms with E-state index in [1.54, 1.807) is 18.6 Å². The zero-order valence-corrected chi connectivity index (χ0v) is 12.2. The van der Waals surface area contributed by atoms with E-state index in [1.807, 2.05) is 55.5 Å². The van der Waals surface area contributed by atoms with Crippen molar-refractivity contribution in [3.05, 3.63) is 77.6 Å². The molecular weight excluding hydrogens is 274 g/mol. The smallest absolute Gasteiger partial charge is 0.267 e. The molecule has 1 N–H and O–H groups in total. The Labute approximate surface area is 128 Å². The Balaban J connectivity index is 1.86. The van der Waals surface area contributed by atoms with Crippen molar-refractivity contribution >= 4 is 22.9 Å². The second-order valence-corrected chi connectivity index (χ2v) is 4.96. The minimum Gasteiger partial charge on any atom is -0.267 e. The van der Waals surface area contributed by atoms with Crippen LogP contribution < -0.4 is 5.43 Å². The van der Waals surface area contributed by atoms with E-state index in [2.05, 4.69) is 15.5 Å². The van der Waals surface area contributed by atoms with Crippen molar-refractivity contribution in [3.8, 4) is 0 Å². The van der Waals surface area contributed by atoms with Crippen LogP contribution in [0.5, 0.6) is 0 Å². The number of benzene rings is 2. The quantitative estimate of drug-likeness (QED) is 0.594. The maximum atomic E-state index is 12.4. The van der Waals surface area contributed by atoms with E-state index < -0.39 is 0 Å². The monoisotopic (exact) mass is 289 g/mol. The molecule has 0 fully saturated rings. The minimum atomic E-state index is -0.213. The third-order valence-corrected chi connectivity index (χ3v) is 3.43. The number of hydrogen-bond acceptors (Lipinski definition) is 3. The molecule has 0 bridgehead atoms. The van der Waals surface area contributed by atoms with Crippen molar-refractivity contribution in [2.45, 2.75) is 6.92 Å². The van der Waals surface area contributed by atoms with Crippen LogP contribution in [0.2, 0.25) is 0 Å². The van der Waals surface area contributed by atoms with Crippen molar-refractivity contribution in [2.75, 3.05) is 0 Å². The molecule has 1 heterocycles. The van der Waals surface area contributed by atoms with Crippen molar-refractivity contribution < 1.29 is 4.79 Å². The molecular formula is C18H15N3O. The van der Waals surface area contributed by atoms with E-state index in [9.17, 15) is 4.79 Å². The number of rotatable bonds is 3. The van der Waals surface area contributed by atoms with Crippen molar-refractivity contribution in [1.29, 1.82) is 0 Å². The van der Waals surface area contributed by atoms with Gasteiger partial charge in [0.1, 0.15) is 0 Å². The Bertz CT molecular complexity index is 841. The third kappa shape index (κ3) is 2.86. The van der Waals surface area contributed by atoms with Gasteiger partial charge in [0, 0.05) is 18.0 Å². The van der Waals surface area contributed by atoms with E-state index in [1.165, 1.54) is 0 Å². The highest BCUT2D eigenvalue weighted by molar-refractivity contribution is 6.08. The van der Waals surface area contributed by atoms with Gasteiger partial charge in [-0.1, -0.05) is 42.5 Å². The Morgan fingerprint density at radius 1 is 1.14 bits per heavy atom. The first kappa shape index (κ1) is 13.9. The molecule has 3 rings (SSSR count). The predicted molar refractivity (Wildman–Crippen MR) is 88.0 cm³/mol. The molecule has 0 aliphatic heterocycles. The molecule has 0 aliphatic rings. The van der Waals surface area contributed by atoms with Gasteiger partial charge in [-0.3, -0.25) is 9.78 Å². The molecule has 22 heavy (non-hydrogen) atoms. The summed E-state index contributed by atoms with van der Waals surface area (Å²) in [5.74, 6) is -0.213. The lowest BCUT2D eigenvalue weighted by atomic mass is 9.99. The van der Waals surface area contributed by atoms with E-state index in [0.29, 0.717) is 5.56 Å². The van der Waals surface area contributed by atoms with Gasteiger partial charge in [-0.05, 0) is 29.3 Å². The molecule has 0 saturated carbocycles. The Morgan fingerprint density at radius 2 is 2.00 bits per heavy atom. The summed E-state index contributed by atoms with van der Waals surface area (Å²) in [5, 5.41) is 5.97. The number of pyridine rings is 1. The predicted octanol–water partition coefficient (Wildman–Crippen LogP) is 3.31. The number of nitrogens with zero attached hydrogens (tertiary/aromatic N) is 2. The van der Waals surface area contributed by atoms with E-state index in [0.717, 1.165) is 21.9 Å². The van der Waals surface area contributed by atoms with Crippen LogP contribution in [0.15, 0.2) is 66.0 Å². The second-order valence-electron chi connectivity index (χ2n) is 4.96. The van der Waals surface area contributed by atoms with E-state index in [4.69, 9.17) is 0 Å². The number of fused-ring (bicyclic) bond motifs is 1. The number of hydrogen-bond donors (Lipinski definition) is 1. The van der Waals surface area contributed by atoms with Crippen LogP contribution in [0, 0.1) is 6.92 Å². The molecule has 0 spiro atoms. The molecule has 108 valence electrons. The summed E-state index contributed by atoms with van der Waals surface area (Å²) in [6.45, 7) is 1.92. The zero-order valence-electron chi connectivity index (χ0n) is 12.2. The lowest BCUT2D eigenvalue weighted by Gasteiger charge is -2.08. The number of amides is 1. The number of aryl methyl sites for hydroxylation is 1. The summed E-state index contributed by atoms with van der Waals surface area (Å²) in [4.78, 5) is 16.4. The van der Waals surface area contributed by atoms with Gasteiger partial charge in [0.15, 0.2) is 0 Å². The van der Waals surface area contributed by atoms with E-state index >= 15 is 0 Å². The van der Waals surface area contributed by atoms with Gasteiger partial charge in [0.25, 0.3) is 5.91 Å². The fraction of sp³-hybridized carbons (Fsp3) is 0.0556. The summed E-state index contributed by atoms with van der Waals surface area (Å²) < 4.78 is 0. The SMILES string of the molecule is Cc1ccc2ccccc2c1C(=O)N/N=C\c1cccnc1. The fourth-order valence-electron chi connectivity index (χ4n) is 2.36. The highest BCUT2D eigenvalue weighted by Gasteiger charge is 2.12. The molecule has 1 amide bonds. The van der Waals surface area contributed by atoms with Crippen LogP contribution in [0.4, 0.5) is 0 Å². The Kier molecular flexibility index (Phi) is 3.92. The molecule has 4 heteroatoms.